The number of hydrogen-bond donors (Lipinski definition) is 2. The van der Waals surface area contributed by atoms with E-state index in [9.17, 15) is 9.59 Å². The van der Waals surface area contributed by atoms with Crippen molar-refractivity contribution in [2.75, 3.05) is 5.73 Å². The molecule has 0 saturated heterocycles. The summed E-state index contributed by atoms with van der Waals surface area (Å²) in [7, 11) is 0. The first kappa shape index (κ1) is 15.3. The Morgan fingerprint density at radius 1 is 1.10 bits per heavy atom. The van der Waals surface area contributed by atoms with E-state index in [-0.39, 0.29) is 17.9 Å². The van der Waals surface area contributed by atoms with Gasteiger partial charge in [0.2, 0.25) is 0 Å². The van der Waals surface area contributed by atoms with Crippen molar-refractivity contribution in [3.63, 3.8) is 0 Å². The number of ketones is 1. The van der Waals surface area contributed by atoms with Gasteiger partial charge in [0.05, 0.1) is 6.42 Å². The average Bonchev–Trinajstić information content (AvgIpc) is 2.50. The van der Waals surface area contributed by atoms with E-state index in [1.807, 2.05) is 6.07 Å². The second kappa shape index (κ2) is 7.05. The highest BCUT2D eigenvalue weighted by Gasteiger charge is 2.16. The first-order valence-electron chi connectivity index (χ1n) is 6.37. The highest BCUT2D eigenvalue weighted by atomic mass is 27.2. The van der Waals surface area contributed by atoms with Gasteiger partial charge in [-0.2, -0.15) is 0 Å². The normalized spacial score (nSPS) is 9.95. The van der Waals surface area contributed by atoms with E-state index in [0.29, 0.717) is 16.7 Å². The van der Waals surface area contributed by atoms with Crippen molar-refractivity contribution >= 4 is 33.3 Å². The Balaban J connectivity index is 2.30. The second-order valence-electron chi connectivity index (χ2n) is 4.40. The maximum Gasteiger partial charge on any atom is 0.739 e. The van der Waals surface area contributed by atoms with Gasteiger partial charge in [-0.05, 0) is 11.6 Å². The van der Waals surface area contributed by atoms with E-state index in [0.717, 1.165) is 0 Å². The molecule has 0 atom stereocenters. The van der Waals surface area contributed by atoms with Crippen molar-refractivity contribution in [3.8, 4) is 0 Å². The predicted octanol–water partition coefficient (Wildman–Crippen LogP) is 0.844. The molecule has 0 aliphatic carbocycles. The fourth-order valence-corrected chi connectivity index (χ4v) is 2.23. The van der Waals surface area contributed by atoms with Gasteiger partial charge in [-0.15, -0.1) is 0 Å². The molecule has 0 radical (unpaired) electrons. The van der Waals surface area contributed by atoms with Gasteiger partial charge in [-0.25, -0.2) is 0 Å². The number of hydrogen-bond acceptors (Lipinski definition) is 5. The van der Waals surface area contributed by atoms with E-state index in [1.165, 1.54) is 0 Å². The summed E-state index contributed by atoms with van der Waals surface area (Å²) in [5.74, 6) is -0.736. The van der Waals surface area contributed by atoms with Crippen LogP contribution >= 0.6 is 0 Å². The minimum atomic E-state index is -1.79. The molecule has 0 amide bonds. The van der Waals surface area contributed by atoms with Crippen LogP contribution < -0.4 is 5.73 Å². The molecule has 0 aliphatic rings. The van der Waals surface area contributed by atoms with Gasteiger partial charge in [-0.1, -0.05) is 42.5 Å². The van der Waals surface area contributed by atoms with Crippen LogP contribution in [-0.4, -0.2) is 31.8 Å². The Kier molecular flexibility index (Phi) is 5.12. The zero-order valence-electron chi connectivity index (χ0n) is 11.3. The molecule has 0 spiro atoms. The molecule has 0 bridgehead atoms. The molecule has 21 heavy (non-hydrogen) atoms. The van der Waals surface area contributed by atoms with Gasteiger partial charge in [0.1, 0.15) is 0 Å². The van der Waals surface area contributed by atoms with Gasteiger partial charge in [0.15, 0.2) is 5.78 Å². The summed E-state index contributed by atoms with van der Waals surface area (Å²) < 4.78 is 13.3. The summed E-state index contributed by atoms with van der Waals surface area (Å²) >= 11 is -1.79. The third-order valence-corrected chi connectivity index (χ3v) is 3.49. The lowest BCUT2D eigenvalue weighted by atomic mass is 9.98. The zero-order chi connectivity index (χ0) is 15.2. The number of para-hydroxylation sites is 1. The van der Waals surface area contributed by atoms with Crippen molar-refractivity contribution < 1.29 is 17.5 Å². The van der Waals surface area contributed by atoms with E-state index in [2.05, 4.69) is 3.79 Å². The number of carbonyl (C=O) groups is 2. The minimum Gasteiger partial charge on any atom is -0.598 e. The van der Waals surface area contributed by atoms with Crippen LogP contribution in [0.2, 0.25) is 0 Å². The fourth-order valence-electron chi connectivity index (χ4n) is 1.99. The van der Waals surface area contributed by atoms with E-state index < -0.39 is 21.9 Å². The summed E-state index contributed by atoms with van der Waals surface area (Å²) in [5.41, 5.74) is 7.66. The molecule has 0 fully saturated rings. The largest absolute Gasteiger partial charge is 0.739 e. The van der Waals surface area contributed by atoms with Crippen molar-refractivity contribution in [2.24, 2.45) is 0 Å². The van der Waals surface area contributed by atoms with Gasteiger partial charge >= 0.3 is 15.9 Å². The van der Waals surface area contributed by atoms with Crippen LogP contribution in [0.25, 0.3) is 0 Å². The highest BCUT2D eigenvalue weighted by Crippen LogP contribution is 2.21. The lowest BCUT2D eigenvalue weighted by molar-refractivity contribution is -0.134. The molecule has 2 aromatic carbocycles. The number of rotatable bonds is 5. The monoisotopic (exact) mass is 299 g/mol. The van der Waals surface area contributed by atoms with Gasteiger partial charge in [0, 0.05) is 16.8 Å². The smallest absolute Gasteiger partial charge is 0.598 e. The molecule has 0 aromatic heterocycles. The average molecular weight is 299 g/mol. The summed E-state index contributed by atoms with van der Waals surface area (Å²) in [5, 5.41) is 0. The molecule has 0 unspecified atom stereocenters. The van der Waals surface area contributed by atoms with Gasteiger partial charge < -0.3 is 13.7 Å². The highest BCUT2D eigenvalue weighted by molar-refractivity contribution is 6.20. The predicted molar refractivity (Wildman–Crippen MR) is 79.9 cm³/mol. The van der Waals surface area contributed by atoms with Crippen molar-refractivity contribution in [1.29, 1.82) is 0 Å². The van der Waals surface area contributed by atoms with E-state index in [4.69, 9.17) is 9.89 Å². The molecule has 2 rings (SSSR count). The SMILES string of the molecule is Nc1c(CC(=O)[O][AlH][OH])cccc1C(=O)c1ccccc1. The van der Waals surface area contributed by atoms with Crippen LogP contribution in [0.15, 0.2) is 48.5 Å². The molecule has 0 aliphatic heterocycles. The number of carbonyl (C=O) groups excluding carboxylic acids is 2. The van der Waals surface area contributed by atoms with Crippen molar-refractivity contribution in [3.05, 3.63) is 65.2 Å². The van der Waals surface area contributed by atoms with Gasteiger partial charge in [0.25, 0.3) is 5.97 Å². The Bertz CT molecular complexity index is 658. The molecular formula is C15H14AlNO4. The maximum atomic E-state index is 12.4. The lowest BCUT2D eigenvalue weighted by Gasteiger charge is -2.10. The number of benzene rings is 2. The standard InChI is InChI=1S/C15H13NO3.Al.H2O.H/c16-14-11(9-13(17)18)7-4-8-12(14)15(19)10-5-2-1-3-6-10;;;/h1-8H,9,16H2,(H,17,18);;1H2;/q;+2;;/p-2. The molecule has 2 aromatic rings. The van der Waals surface area contributed by atoms with E-state index >= 15 is 0 Å². The molecule has 3 N–H and O–H groups in total. The van der Waals surface area contributed by atoms with Crippen LogP contribution in [0.3, 0.4) is 0 Å². The first-order chi connectivity index (χ1) is 10.1. The molecular weight excluding hydrogens is 285 g/mol. The summed E-state index contributed by atoms with van der Waals surface area (Å²) in [6.45, 7) is 0. The molecule has 5 nitrogen and oxygen atoms in total. The van der Waals surface area contributed by atoms with E-state index in [1.54, 1.807) is 42.5 Å². The topological polar surface area (TPSA) is 89.6 Å². The van der Waals surface area contributed by atoms with Gasteiger partial charge in [-0.3, -0.25) is 9.59 Å². The second-order valence-corrected chi connectivity index (χ2v) is 4.94. The third-order valence-electron chi connectivity index (χ3n) is 3.04. The molecule has 0 heterocycles. The molecule has 106 valence electrons. The summed E-state index contributed by atoms with van der Waals surface area (Å²) in [6.07, 6.45) is -0.0602. The molecule has 0 saturated carbocycles. The summed E-state index contributed by atoms with van der Waals surface area (Å²) in [6, 6.07) is 13.8. The van der Waals surface area contributed by atoms with Crippen LogP contribution in [-0.2, 0) is 15.0 Å². The summed E-state index contributed by atoms with van der Waals surface area (Å²) in [4.78, 5) is 23.8. The molecule has 6 heteroatoms. The minimum absolute atomic E-state index is 0.0602. The fraction of sp³-hybridized carbons (Fsp3) is 0.0667. The number of anilines is 1. The number of nitrogens with two attached hydrogens (primary N) is 1. The number of nitrogen functional groups attached to an aromatic ring is 1. The van der Waals surface area contributed by atoms with Crippen LogP contribution in [0.5, 0.6) is 0 Å². The Morgan fingerprint density at radius 3 is 2.48 bits per heavy atom. The van der Waals surface area contributed by atoms with Crippen LogP contribution in [0.4, 0.5) is 5.69 Å². The quantitative estimate of drug-likeness (QED) is 0.485. The Hall–Kier alpha value is -2.13. The maximum absolute atomic E-state index is 12.4. The van der Waals surface area contributed by atoms with Crippen LogP contribution in [0.1, 0.15) is 21.5 Å². The van der Waals surface area contributed by atoms with Crippen LogP contribution in [0, 0.1) is 0 Å². The van der Waals surface area contributed by atoms with Crippen molar-refractivity contribution in [2.45, 2.75) is 6.42 Å². The first-order valence-corrected chi connectivity index (χ1v) is 7.58. The van der Waals surface area contributed by atoms with Crippen molar-refractivity contribution in [1.82, 2.24) is 0 Å². The Morgan fingerprint density at radius 2 is 1.81 bits per heavy atom. The Labute approximate surface area is 128 Å². The zero-order valence-corrected chi connectivity index (χ0v) is 12.7. The third kappa shape index (κ3) is 3.70. The lowest BCUT2D eigenvalue weighted by Crippen LogP contribution is -2.14.